The molecule has 1 unspecified atom stereocenters. The van der Waals surface area contributed by atoms with E-state index in [1.165, 1.54) is 26.4 Å². The first-order valence-corrected chi connectivity index (χ1v) is 13.9. The smallest absolute Gasteiger partial charge is 0.392 e. The number of carbonyl (C=O) groups is 1. The number of alkyl halides is 3. The molecule has 10 heteroatoms. The normalized spacial score (nSPS) is 24.9. The molecule has 42 heavy (non-hydrogen) atoms. The Morgan fingerprint density at radius 1 is 1.10 bits per heavy atom. The van der Waals surface area contributed by atoms with Crippen molar-refractivity contribution in [2.45, 2.75) is 38.8 Å². The number of anilines is 1. The largest absolute Gasteiger partial charge is 0.493 e. The Balaban J connectivity index is 1.33. The minimum Gasteiger partial charge on any atom is -0.493 e. The Labute approximate surface area is 241 Å². The van der Waals surface area contributed by atoms with Gasteiger partial charge in [-0.2, -0.15) is 18.3 Å². The van der Waals surface area contributed by atoms with Crippen LogP contribution >= 0.6 is 0 Å². The molecule has 3 aliphatic rings. The molecule has 6 nitrogen and oxygen atoms in total. The van der Waals surface area contributed by atoms with E-state index in [0.717, 1.165) is 28.1 Å². The molecule has 0 aliphatic heterocycles. The van der Waals surface area contributed by atoms with Gasteiger partial charge in [-0.15, -0.1) is 0 Å². The number of methoxy groups -OCH3 is 2. The number of fused-ring (bicyclic) bond motifs is 4. The Hall–Kier alpha value is -4.08. The van der Waals surface area contributed by atoms with Crippen LogP contribution in [0.3, 0.4) is 0 Å². The first-order valence-electron chi connectivity index (χ1n) is 13.9. The number of ether oxygens (including phenoxy) is 2. The molecule has 6 rings (SSSR count). The Morgan fingerprint density at radius 3 is 2.52 bits per heavy atom. The number of benzene rings is 2. The lowest BCUT2D eigenvalue weighted by molar-refractivity contribution is -0.196. The number of carbonyl (C=O) groups excluding carboxylic acids is 1. The van der Waals surface area contributed by atoms with Crippen LogP contribution in [0.15, 0.2) is 65.9 Å². The number of hydrogen-bond donors (Lipinski definition) is 1. The molecular formula is C32H31F4N3O3. The average molecular weight is 582 g/mol. The molecule has 1 fully saturated rings. The van der Waals surface area contributed by atoms with Gasteiger partial charge < -0.3 is 14.8 Å². The fourth-order valence-electron chi connectivity index (χ4n) is 7.07. The van der Waals surface area contributed by atoms with Crippen LogP contribution in [0.25, 0.3) is 11.8 Å². The van der Waals surface area contributed by atoms with E-state index in [9.17, 15) is 22.4 Å². The number of allylic oxidation sites excluding steroid dienone is 3. The first-order chi connectivity index (χ1) is 20.0. The minimum absolute atomic E-state index is 0.260. The van der Waals surface area contributed by atoms with Gasteiger partial charge in [-0.3, -0.25) is 4.79 Å². The zero-order valence-electron chi connectivity index (χ0n) is 23.5. The summed E-state index contributed by atoms with van der Waals surface area (Å²) in [6.07, 6.45) is 2.30. The standard InChI is InChI=1S/C32H31F4N3O3/c1-31-16-18-17-37-39(22-8-5-20(33)6-9-22)26(18)14-19(31)4-10-23-24(31)11-12-25(32(34,35)36)29(23)30(40)38-21-7-13-27(41-2)28(15-21)42-3/h5-9,11,13-15,17,23,25,29H,4,10,12,16H2,1-3H3,(H,38,40)/t23?,25-,29-,31+/m1/s1. The van der Waals surface area contributed by atoms with Gasteiger partial charge in [0.05, 0.1) is 43.6 Å². The van der Waals surface area contributed by atoms with Gasteiger partial charge in [-0.05, 0) is 79.6 Å². The van der Waals surface area contributed by atoms with Crippen LogP contribution in [0.2, 0.25) is 0 Å². The molecule has 0 saturated heterocycles. The van der Waals surface area contributed by atoms with Crippen LogP contribution in [-0.4, -0.2) is 36.1 Å². The quantitative estimate of drug-likeness (QED) is 0.257. The SMILES string of the molecule is COc1ccc(NC(=O)[C@@H]2C3CCC4=Cc5c(cnn5-c5ccc(F)cc5)C[C@]4(C)C3=CC[C@H]2C(F)(F)F)cc1OC. The average Bonchev–Trinajstić information content (AvgIpc) is 3.36. The zero-order valence-corrected chi connectivity index (χ0v) is 23.5. The summed E-state index contributed by atoms with van der Waals surface area (Å²) < 4.78 is 69.0. The number of rotatable bonds is 5. The van der Waals surface area contributed by atoms with Crippen molar-refractivity contribution in [3.8, 4) is 17.2 Å². The molecule has 0 radical (unpaired) electrons. The summed E-state index contributed by atoms with van der Waals surface area (Å²) in [5, 5.41) is 7.29. The van der Waals surface area contributed by atoms with Gasteiger partial charge in [-0.25, -0.2) is 9.07 Å². The van der Waals surface area contributed by atoms with Gasteiger partial charge in [0.25, 0.3) is 0 Å². The van der Waals surface area contributed by atoms with Gasteiger partial charge >= 0.3 is 6.18 Å². The van der Waals surface area contributed by atoms with Gasteiger partial charge in [0.15, 0.2) is 11.5 Å². The van der Waals surface area contributed by atoms with Crippen LogP contribution in [0.5, 0.6) is 11.5 Å². The van der Waals surface area contributed by atoms with Crippen molar-refractivity contribution in [3.63, 3.8) is 0 Å². The molecule has 1 aromatic heterocycles. The third-order valence-electron chi connectivity index (χ3n) is 9.12. The van der Waals surface area contributed by atoms with E-state index in [4.69, 9.17) is 9.47 Å². The second kappa shape index (κ2) is 10.3. The lowest BCUT2D eigenvalue weighted by atomic mass is 9.54. The van der Waals surface area contributed by atoms with Crippen molar-refractivity contribution in [3.05, 3.63) is 83.0 Å². The Kier molecular flexibility index (Phi) is 6.90. The van der Waals surface area contributed by atoms with Gasteiger partial charge in [0.1, 0.15) is 5.82 Å². The fourth-order valence-corrected chi connectivity index (χ4v) is 7.07. The molecule has 0 bridgehead atoms. The molecule has 0 spiro atoms. The van der Waals surface area contributed by atoms with Crippen molar-refractivity contribution in [2.75, 3.05) is 19.5 Å². The summed E-state index contributed by atoms with van der Waals surface area (Å²) in [7, 11) is 2.93. The van der Waals surface area contributed by atoms with Gasteiger partial charge in [-0.1, -0.05) is 24.1 Å². The summed E-state index contributed by atoms with van der Waals surface area (Å²) in [5.41, 5.74) is 4.36. The fraction of sp³-hybridized carbons (Fsp3) is 0.375. The highest BCUT2D eigenvalue weighted by Gasteiger charge is 2.56. The van der Waals surface area contributed by atoms with E-state index in [-0.39, 0.29) is 12.2 Å². The minimum atomic E-state index is -4.53. The third-order valence-corrected chi connectivity index (χ3v) is 9.12. The van der Waals surface area contributed by atoms with Crippen molar-refractivity contribution >= 4 is 17.7 Å². The second-order valence-electron chi connectivity index (χ2n) is 11.4. The number of nitrogens with one attached hydrogen (secondary N) is 1. The van der Waals surface area contributed by atoms with Crippen molar-refractivity contribution in [1.29, 1.82) is 0 Å². The first kappa shape index (κ1) is 28.1. The van der Waals surface area contributed by atoms with Crippen LogP contribution in [0, 0.1) is 29.0 Å². The molecule has 1 heterocycles. The molecule has 220 valence electrons. The van der Waals surface area contributed by atoms with Crippen LogP contribution in [-0.2, 0) is 11.2 Å². The summed E-state index contributed by atoms with van der Waals surface area (Å²) in [6, 6.07) is 10.8. The van der Waals surface area contributed by atoms with Gasteiger partial charge in [0.2, 0.25) is 5.91 Å². The number of amides is 1. The van der Waals surface area contributed by atoms with Crippen LogP contribution in [0.4, 0.5) is 23.2 Å². The van der Waals surface area contributed by atoms with E-state index < -0.39 is 35.3 Å². The maximum Gasteiger partial charge on any atom is 0.392 e. The number of hydrogen-bond acceptors (Lipinski definition) is 4. The number of halogens is 4. The second-order valence-corrected chi connectivity index (χ2v) is 11.4. The molecule has 3 aliphatic carbocycles. The van der Waals surface area contributed by atoms with Crippen molar-refractivity contribution < 1.29 is 31.8 Å². The molecule has 1 amide bonds. The Morgan fingerprint density at radius 2 is 1.83 bits per heavy atom. The monoisotopic (exact) mass is 581 g/mol. The van der Waals surface area contributed by atoms with E-state index in [1.807, 2.05) is 0 Å². The highest BCUT2D eigenvalue weighted by atomic mass is 19.4. The number of aromatic nitrogens is 2. The summed E-state index contributed by atoms with van der Waals surface area (Å²) >= 11 is 0. The summed E-state index contributed by atoms with van der Waals surface area (Å²) in [6.45, 7) is 2.06. The lowest BCUT2D eigenvalue weighted by Crippen LogP contribution is -2.49. The molecule has 1 N–H and O–H groups in total. The molecule has 4 atom stereocenters. The summed E-state index contributed by atoms with van der Waals surface area (Å²) in [4.78, 5) is 13.7. The van der Waals surface area contributed by atoms with Crippen LogP contribution in [0.1, 0.15) is 37.4 Å². The molecule has 3 aromatic rings. The Bertz CT molecular complexity index is 1590. The van der Waals surface area contributed by atoms with Crippen molar-refractivity contribution in [2.24, 2.45) is 23.2 Å². The summed E-state index contributed by atoms with van der Waals surface area (Å²) in [5.74, 6) is -3.81. The van der Waals surface area contributed by atoms with Crippen LogP contribution < -0.4 is 14.8 Å². The lowest BCUT2D eigenvalue weighted by Gasteiger charge is -2.50. The predicted octanol–water partition coefficient (Wildman–Crippen LogP) is 7.15. The molecular weight excluding hydrogens is 550 g/mol. The van der Waals surface area contributed by atoms with E-state index >= 15 is 0 Å². The highest BCUT2D eigenvalue weighted by Crippen LogP contribution is 2.59. The zero-order chi connectivity index (χ0) is 29.8. The molecule has 1 saturated carbocycles. The van der Waals surface area contributed by atoms with E-state index in [0.29, 0.717) is 36.4 Å². The topological polar surface area (TPSA) is 65.4 Å². The maximum atomic E-state index is 14.4. The predicted molar refractivity (Wildman–Crippen MR) is 150 cm³/mol. The van der Waals surface area contributed by atoms with Gasteiger partial charge in [0, 0.05) is 17.2 Å². The van der Waals surface area contributed by atoms with Crippen molar-refractivity contribution in [1.82, 2.24) is 9.78 Å². The van der Waals surface area contributed by atoms with E-state index in [1.54, 1.807) is 47.3 Å². The highest BCUT2D eigenvalue weighted by molar-refractivity contribution is 5.94. The van der Waals surface area contributed by atoms with E-state index in [2.05, 4.69) is 23.4 Å². The molecule has 2 aromatic carbocycles. The third kappa shape index (κ3) is 4.66. The number of nitrogens with zero attached hydrogens (tertiary/aromatic N) is 2. The maximum absolute atomic E-state index is 14.4.